The van der Waals surface area contributed by atoms with Crippen LogP contribution < -0.4 is 0 Å². The number of nitrogens with zero attached hydrogens (tertiary/aromatic N) is 3. The Bertz CT molecular complexity index is 446. The molecule has 10 nitrogen and oxygen atoms in total. The van der Waals surface area contributed by atoms with Crippen molar-refractivity contribution >= 4 is 12.1 Å². The van der Waals surface area contributed by atoms with Gasteiger partial charge in [0, 0.05) is 6.92 Å². The first-order valence-corrected chi connectivity index (χ1v) is 6.83. The summed E-state index contributed by atoms with van der Waals surface area (Å²) in [5.74, 6) is -1.10. The van der Waals surface area contributed by atoms with Crippen LogP contribution in [0.5, 0.6) is 0 Å². The van der Waals surface area contributed by atoms with Crippen molar-refractivity contribution < 1.29 is 34.0 Å². The lowest BCUT2D eigenvalue weighted by Gasteiger charge is -2.20. The van der Waals surface area contributed by atoms with E-state index in [9.17, 15) is 14.8 Å². The Morgan fingerprint density at radius 3 is 2.64 bits per heavy atom. The lowest BCUT2D eigenvalue weighted by molar-refractivity contribution is -0.714. The second-order valence-electron chi connectivity index (χ2n) is 5.75. The van der Waals surface area contributed by atoms with Gasteiger partial charge in [0.25, 0.3) is 6.29 Å². The van der Waals surface area contributed by atoms with Crippen molar-refractivity contribution in [2.24, 2.45) is 5.28 Å². The number of ether oxygens (including phenoxy) is 2. The van der Waals surface area contributed by atoms with E-state index in [4.69, 9.17) is 19.4 Å². The van der Waals surface area contributed by atoms with Gasteiger partial charge in [-0.05, 0) is 33.6 Å². The highest BCUT2D eigenvalue weighted by molar-refractivity contribution is 5.73. The van der Waals surface area contributed by atoms with E-state index in [1.54, 1.807) is 20.8 Å². The largest absolute Gasteiger partial charge is 0.569 e. The predicted octanol–water partition coefficient (Wildman–Crippen LogP) is 1.64. The van der Waals surface area contributed by atoms with Gasteiger partial charge in [-0.1, -0.05) is 0 Å². The van der Waals surface area contributed by atoms with Crippen LogP contribution in [0.25, 0.3) is 0 Å². The second kappa shape index (κ2) is 7.14. The maximum Gasteiger partial charge on any atom is 0.511 e. The number of carboxylic acid groups (broad SMARTS) is 1. The number of carboxylic acids is 1. The molecule has 1 aliphatic heterocycles. The highest BCUT2D eigenvalue weighted by atomic mass is 16.8. The van der Waals surface area contributed by atoms with Crippen molar-refractivity contribution in [3.63, 3.8) is 0 Å². The van der Waals surface area contributed by atoms with Crippen LogP contribution in [-0.4, -0.2) is 51.7 Å². The lowest BCUT2D eigenvalue weighted by atomic mass is 10.2. The third-order valence-corrected chi connectivity index (χ3v) is 2.65. The summed E-state index contributed by atoms with van der Waals surface area (Å²) in [5.41, 5.74) is -0.719. The Balaban J connectivity index is 2.49. The average molecular weight is 319 g/mol. The van der Waals surface area contributed by atoms with Crippen molar-refractivity contribution in [1.82, 2.24) is 5.01 Å². The number of hydrazine groups is 1. The number of carbonyl (C=O) groups is 2. The number of hydrogen-bond acceptors (Lipinski definition) is 7. The van der Waals surface area contributed by atoms with Crippen LogP contribution in [0, 0.1) is 5.21 Å². The first kappa shape index (κ1) is 17.8. The molecule has 126 valence electrons. The van der Waals surface area contributed by atoms with Crippen molar-refractivity contribution in [3.8, 4) is 0 Å². The van der Waals surface area contributed by atoms with Gasteiger partial charge >= 0.3 is 12.1 Å². The van der Waals surface area contributed by atoms with Crippen LogP contribution >= 0.6 is 0 Å². The molecule has 0 aromatic carbocycles. The van der Waals surface area contributed by atoms with E-state index >= 15 is 0 Å². The summed E-state index contributed by atoms with van der Waals surface area (Å²) in [7, 11) is 0. The zero-order valence-electron chi connectivity index (χ0n) is 13.0. The molecule has 1 rings (SSSR count). The molecule has 0 radical (unpaired) electrons. The summed E-state index contributed by atoms with van der Waals surface area (Å²) >= 11 is 0. The van der Waals surface area contributed by atoms with Crippen LogP contribution in [0.3, 0.4) is 0 Å². The molecule has 1 heterocycles. The minimum absolute atomic E-state index is 0.0563. The summed E-state index contributed by atoms with van der Waals surface area (Å²) in [5, 5.41) is 24.9. The normalized spacial score (nSPS) is 20.5. The molecule has 0 saturated carbocycles. The maximum absolute atomic E-state index is 11.7. The molecule has 0 aliphatic carbocycles. The molecule has 1 aliphatic rings. The van der Waals surface area contributed by atoms with Gasteiger partial charge in [-0.2, -0.15) is 0 Å². The summed E-state index contributed by atoms with van der Waals surface area (Å²) < 4.78 is 9.64. The minimum atomic E-state index is -1.16. The summed E-state index contributed by atoms with van der Waals surface area (Å²) in [6.45, 7) is 6.61. The molecule has 0 aromatic heterocycles. The number of carbonyl (C=O) groups excluding carboxylic acids is 1. The zero-order chi connectivity index (χ0) is 16.9. The average Bonchev–Trinajstić information content (AvgIpc) is 2.82. The molecule has 0 spiro atoms. The number of rotatable bonds is 5. The fraction of sp³-hybridized carbons (Fsp3) is 0.833. The highest BCUT2D eigenvalue weighted by Crippen LogP contribution is 2.17. The van der Waals surface area contributed by atoms with E-state index in [1.807, 2.05) is 0 Å². The minimum Gasteiger partial charge on any atom is -0.569 e. The first-order valence-electron chi connectivity index (χ1n) is 6.83. The topological polar surface area (TPSA) is 124 Å². The van der Waals surface area contributed by atoms with Crippen molar-refractivity contribution in [2.45, 2.75) is 58.5 Å². The van der Waals surface area contributed by atoms with Gasteiger partial charge in [0.05, 0.1) is 11.5 Å². The molecule has 1 N–H and O–H groups in total. The Kier molecular flexibility index (Phi) is 5.77. The molecule has 0 bridgehead atoms. The summed E-state index contributed by atoms with van der Waals surface area (Å²) in [4.78, 5) is 27.1. The number of hydrogen-bond donors (Lipinski definition) is 1. The lowest BCUT2D eigenvalue weighted by Crippen LogP contribution is -2.40. The van der Waals surface area contributed by atoms with Gasteiger partial charge in [0.1, 0.15) is 5.60 Å². The molecule has 1 saturated heterocycles. The van der Waals surface area contributed by atoms with E-state index in [0.29, 0.717) is 12.8 Å². The van der Waals surface area contributed by atoms with Gasteiger partial charge in [-0.15, -0.1) is 5.01 Å². The summed E-state index contributed by atoms with van der Waals surface area (Å²) in [6.07, 6.45) is -1.20. The highest BCUT2D eigenvalue weighted by Gasteiger charge is 2.37. The summed E-state index contributed by atoms with van der Waals surface area (Å²) in [6, 6.07) is -0.938. The van der Waals surface area contributed by atoms with E-state index in [0.717, 1.165) is 5.01 Å². The van der Waals surface area contributed by atoms with Crippen LogP contribution in [0.2, 0.25) is 0 Å². The Hall–Kier alpha value is -2.26. The number of aliphatic carboxylic acids is 1. The van der Waals surface area contributed by atoms with Crippen molar-refractivity contribution in [2.75, 3.05) is 6.54 Å². The molecule has 1 unspecified atom stereocenters. The molecular weight excluding hydrogens is 298 g/mol. The van der Waals surface area contributed by atoms with Gasteiger partial charge in [0.2, 0.25) is 5.28 Å². The zero-order valence-corrected chi connectivity index (χ0v) is 13.0. The van der Waals surface area contributed by atoms with Crippen LogP contribution in [0.1, 0.15) is 40.5 Å². The SMILES string of the molecule is CC(O/N=[N+](\[O-])N1CCC[C@H]1C(=O)O)OC(=O)OC(C)(C)C. The van der Waals surface area contributed by atoms with E-state index in [-0.39, 0.29) is 11.5 Å². The fourth-order valence-corrected chi connectivity index (χ4v) is 1.79. The molecule has 1 fully saturated rings. The van der Waals surface area contributed by atoms with E-state index < -0.39 is 30.1 Å². The quantitative estimate of drug-likeness (QED) is 0.267. The Labute approximate surface area is 127 Å². The third-order valence-electron chi connectivity index (χ3n) is 2.65. The maximum atomic E-state index is 11.7. The third kappa shape index (κ3) is 5.62. The standard InChI is InChI=1S/C12H21N3O7/c1-8(20-11(18)21-12(2,3)4)22-13-15(19)14-7-5-6-9(14)10(16)17/h8-9H,5-7H2,1-4H3,(H,16,17)/b15-13-/t8?,9-/m0/s1. The fourth-order valence-electron chi connectivity index (χ4n) is 1.79. The van der Waals surface area contributed by atoms with E-state index in [2.05, 4.69) is 5.28 Å². The van der Waals surface area contributed by atoms with Gasteiger partial charge in [-0.3, -0.25) is 4.84 Å². The monoisotopic (exact) mass is 319 g/mol. The van der Waals surface area contributed by atoms with Gasteiger partial charge in [-0.25, -0.2) is 9.59 Å². The van der Waals surface area contributed by atoms with Crippen molar-refractivity contribution in [3.05, 3.63) is 5.21 Å². The second-order valence-corrected chi connectivity index (χ2v) is 5.75. The van der Waals surface area contributed by atoms with Crippen molar-refractivity contribution in [1.29, 1.82) is 0 Å². The van der Waals surface area contributed by atoms with Gasteiger partial charge < -0.3 is 19.8 Å². The molecule has 10 heteroatoms. The van der Waals surface area contributed by atoms with Crippen LogP contribution in [-0.2, 0) is 19.1 Å². The molecular formula is C12H21N3O7. The van der Waals surface area contributed by atoms with Gasteiger partial charge in [0.15, 0.2) is 6.04 Å². The van der Waals surface area contributed by atoms with E-state index in [1.165, 1.54) is 6.92 Å². The first-order chi connectivity index (χ1) is 10.1. The molecule has 0 amide bonds. The van der Waals surface area contributed by atoms with Crippen LogP contribution in [0.15, 0.2) is 5.28 Å². The molecule has 22 heavy (non-hydrogen) atoms. The Morgan fingerprint density at radius 1 is 1.45 bits per heavy atom. The predicted molar refractivity (Wildman–Crippen MR) is 71.3 cm³/mol. The van der Waals surface area contributed by atoms with Crippen LogP contribution in [0.4, 0.5) is 4.79 Å². The Morgan fingerprint density at radius 2 is 2.09 bits per heavy atom. The smallest absolute Gasteiger partial charge is 0.511 e. The molecule has 2 atom stereocenters. The molecule has 0 aromatic rings.